The average molecular weight is 350 g/mol. The van der Waals surface area contributed by atoms with Crippen molar-refractivity contribution in [2.45, 2.75) is 20.8 Å². The van der Waals surface area contributed by atoms with E-state index in [1.54, 1.807) is 0 Å². The van der Waals surface area contributed by atoms with Gasteiger partial charge in [0.2, 0.25) is 0 Å². The van der Waals surface area contributed by atoms with Crippen LogP contribution in [0.3, 0.4) is 0 Å². The van der Waals surface area contributed by atoms with Crippen molar-refractivity contribution >= 4 is 28.4 Å². The molecule has 92 valence electrons. The summed E-state index contributed by atoms with van der Waals surface area (Å²) in [6.45, 7) is 6.06. The minimum Gasteiger partial charge on any atom is -0.289 e. The van der Waals surface area contributed by atoms with Gasteiger partial charge in [-0.2, -0.15) is 0 Å². The third-order valence-corrected chi connectivity index (χ3v) is 3.66. The highest BCUT2D eigenvalue weighted by atomic mass is 127. The summed E-state index contributed by atoms with van der Waals surface area (Å²) in [4.78, 5) is 12.5. The molecule has 0 bridgehead atoms. The summed E-state index contributed by atoms with van der Waals surface area (Å²) >= 11 is 2.23. The van der Waals surface area contributed by atoms with Crippen molar-refractivity contribution in [3.05, 3.63) is 67.8 Å². The smallest absolute Gasteiger partial charge is 0.193 e. The van der Waals surface area contributed by atoms with E-state index in [4.69, 9.17) is 0 Å². The fraction of sp³-hybridized carbons (Fsp3) is 0.188. The molecular formula is C16H15IO. The van der Waals surface area contributed by atoms with E-state index in [9.17, 15) is 4.79 Å². The van der Waals surface area contributed by atoms with Gasteiger partial charge < -0.3 is 0 Å². The Morgan fingerprint density at radius 2 is 1.61 bits per heavy atom. The normalized spacial score (nSPS) is 10.4. The van der Waals surface area contributed by atoms with Crippen LogP contribution in [0.4, 0.5) is 0 Å². The molecule has 0 atom stereocenters. The highest BCUT2D eigenvalue weighted by Crippen LogP contribution is 2.21. The van der Waals surface area contributed by atoms with Gasteiger partial charge in [0.1, 0.15) is 0 Å². The third-order valence-electron chi connectivity index (χ3n) is 2.99. The molecule has 1 nitrogen and oxygen atoms in total. The van der Waals surface area contributed by atoms with Crippen molar-refractivity contribution in [1.82, 2.24) is 0 Å². The van der Waals surface area contributed by atoms with Gasteiger partial charge in [-0.05, 0) is 66.6 Å². The first kappa shape index (κ1) is 13.3. The molecule has 0 aliphatic carbocycles. The summed E-state index contributed by atoms with van der Waals surface area (Å²) in [5, 5.41) is 0. The second-order valence-electron chi connectivity index (χ2n) is 4.61. The van der Waals surface area contributed by atoms with Crippen molar-refractivity contribution in [3.63, 3.8) is 0 Å². The van der Waals surface area contributed by atoms with E-state index in [0.717, 1.165) is 25.8 Å². The van der Waals surface area contributed by atoms with Crippen LogP contribution in [0.1, 0.15) is 32.6 Å². The molecule has 0 N–H and O–H groups in total. The van der Waals surface area contributed by atoms with Crippen LogP contribution in [-0.4, -0.2) is 5.78 Å². The van der Waals surface area contributed by atoms with E-state index in [2.05, 4.69) is 41.6 Å². The average Bonchev–Trinajstić information content (AvgIpc) is 2.27. The van der Waals surface area contributed by atoms with Crippen molar-refractivity contribution in [1.29, 1.82) is 0 Å². The standard InChI is InChI=1S/C16H15IO/c1-10-7-11(2)15(12(3)8-10)16(18)13-5-4-6-14(17)9-13/h4-9H,1-3H3. The maximum absolute atomic E-state index is 12.5. The lowest BCUT2D eigenvalue weighted by Gasteiger charge is -2.10. The van der Waals surface area contributed by atoms with E-state index in [0.29, 0.717) is 0 Å². The van der Waals surface area contributed by atoms with Crippen LogP contribution in [0.2, 0.25) is 0 Å². The number of hydrogen-bond acceptors (Lipinski definition) is 1. The molecule has 0 amide bonds. The highest BCUT2D eigenvalue weighted by Gasteiger charge is 2.14. The lowest BCUT2D eigenvalue weighted by atomic mass is 9.93. The van der Waals surface area contributed by atoms with Gasteiger partial charge in [0, 0.05) is 14.7 Å². The van der Waals surface area contributed by atoms with Gasteiger partial charge in [-0.15, -0.1) is 0 Å². The zero-order valence-electron chi connectivity index (χ0n) is 10.8. The van der Waals surface area contributed by atoms with Gasteiger partial charge >= 0.3 is 0 Å². The van der Waals surface area contributed by atoms with Crippen LogP contribution in [0.25, 0.3) is 0 Å². The van der Waals surface area contributed by atoms with Crippen molar-refractivity contribution in [2.24, 2.45) is 0 Å². The number of halogens is 1. The van der Waals surface area contributed by atoms with Gasteiger partial charge in [0.25, 0.3) is 0 Å². The summed E-state index contributed by atoms with van der Waals surface area (Å²) in [7, 11) is 0. The van der Waals surface area contributed by atoms with Crippen molar-refractivity contribution < 1.29 is 4.79 Å². The molecule has 0 saturated carbocycles. The Labute approximate surface area is 121 Å². The first-order valence-electron chi connectivity index (χ1n) is 5.87. The van der Waals surface area contributed by atoms with Crippen molar-refractivity contribution in [3.8, 4) is 0 Å². The number of rotatable bonds is 2. The van der Waals surface area contributed by atoms with E-state index in [-0.39, 0.29) is 5.78 Å². The maximum Gasteiger partial charge on any atom is 0.193 e. The summed E-state index contributed by atoms with van der Waals surface area (Å²) in [5.74, 6) is 0.114. The molecule has 0 spiro atoms. The topological polar surface area (TPSA) is 17.1 Å². The molecule has 2 aromatic rings. The number of benzene rings is 2. The van der Waals surface area contributed by atoms with Crippen LogP contribution in [-0.2, 0) is 0 Å². The molecule has 0 aliphatic heterocycles. The molecule has 0 saturated heterocycles. The zero-order valence-corrected chi connectivity index (χ0v) is 12.9. The molecular weight excluding hydrogens is 335 g/mol. The Balaban J connectivity index is 2.53. The van der Waals surface area contributed by atoms with Crippen LogP contribution in [0.15, 0.2) is 36.4 Å². The molecule has 0 unspecified atom stereocenters. The SMILES string of the molecule is Cc1cc(C)c(C(=O)c2cccc(I)c2)c(C)c1. The van der Waals surface area contributed by atoms with E-state index < -0.39 is 0 Å². The molecule has 0 aliphatic rings. The lowest BCUT2D eigenvalue weighted by Crippen LogP contribution is -2.07. The van der Waals surface area contributed by atoms with Gasteiger partial charge in [0.05, 0.1) is 0 Å². The quantitative estimate of drug-likeness (QED) is 0.578. The number of aryl methyl sites for hydroxylation is 3. The first-order chi connectivity index (χ1) is 8.49. The Morgan fingerprint density at radius 3 is 2.17 bits per heavy atom. The monoisotopic (exact) mass is 350 g/mol. The molecule has 0 heterocycles. The molecule has 0 aromatic heterocycles. The van der Waals surface area contributed by atoms with E-state index in [1.807, 2.05) is 38.1 Å². The maximum atomic E-state index is 12.5. The number of hydrogen-bond donors (Lipinski definition) is 0. The minimum atomic E-state index is 0.114. The summed E-state index contributed by atoms with van der Waals surface area (Å²) < 4.78 is 1.08. The predicted octanol–water partition coefficient (Wildman–Crippen LogP) is 4.45. The largest absolute Gasteiger partial charge is 0.289 e. The fourth-order valence-corrected chi connectivity index (χ4v) is 2.86. The Kier molecular flexibility index (Phi) is 3.85. The predicted molar refractivity (Wildman–Crippen MR) is 83.2 cm³/mol. The first-order valence-corrected chi connectivity index (χ1v) is 6.95. The summed E-state index contributed by atoms with van der Waals surface area (Å²) in [6.07, 6.45) is 0. The second-order valence-corrected chi connectivity index (χ2v) is 5.86. The van der Waals surface area contributed by atoms with Crippen LogP contribution >= 0.6 is 22.6 Å². The highest BCUT2D eigenvalue weighted by molar-refractivity contribution is 14.1. The number of carbonyl (C=O) groups excluding carboxylic acids is 1. The summed E-state index contributed by atoms with van der Waals surface area (Å²) in [6, 6.07) is 11.9. The van der Waals surface area contributed by atoms with Gasteiger partial charge in [-0.3, -0.25) is 4.79 Å². The zero-order chi connectivity index (χ0) is 13.3. The fourth-order valence-electron chi connectivity index (χ4n) is 2.31. The van der Waals surface area contributed by atoms with Crippen LogP contribution < -0.4 is 0 Å². The lowest BCUT2D eigenvalue weighted by molar-refractivity contribution is 0.103. The third kappa shape index (κ3) is 2.64. The van der Waals surface area contributed by atoms with Crippen LogP contribution in [0, 0.1) is 24.3 Å². The molecule has 2 aromatic carbocycles. The van der Waals surface area contributed by atoms with Gasteiger partial charge in [0.15, 0.2) is 5.78 Å². The van der Waals surface area contributed by atoms with Gasteiger partial charge in [-0.25, -0.2) is 0 Å². The molecule has 2 heteroatoms. The Hall–Kier alpha value is -1.16. The summed E-state index contributed by atoms with van der Waals surface area (Å²) in [5.41, 5.74) is 4.90. The Bertz CT molecular complexity index is 591. The second kappa shape index (κ2) is 5.22. The van der Waals surface area contributed by atoms with Crippen molar-refractivity contribution in [2.75, 3.05) is 0 Å². The number of carbonyl (C=O) groups is 1. The molecule has 0 radical (unpaired) electrons. The molecule has 0 fully saturated rings. The Morgan fingerprint density at radius 1 is 1.00 bits per heavy atom. The molecule has 2 rings (SSSR count). The van der Waals surface area contributed by atoms with Crippen LogP contribution in [0.5, 0.6) is 0 Å². The van der Waals surface area contributed by atoms with Gasteiger partial charge in [-0.1, -0.05) is 29.8 Å². The van der Waals surface area contributed by atoms with E-state index in [1.165, 1.54) is 5.56 Å². The van der Waals surface area contributed by atoms with E-state index >= 15 is 0 Å². The molecule has 18 heavy (non-hydrogen) atoms. The number of ketones is 1. The minimum absolute atomic E-state index is 0.114.